The normalized spacial score (nSPS) is 10.7. The third-order valence-corrected chi connectivity index (χ3v) is 3.48. The van der Waals surface area contributed by atoms with Crippen molar-refractivity contribution >= 4 is 11.0 Å². The lowest BCUT2D eigenvalue weighted by atomic mass is 10.1. The van der Waals surface area contributed by atoms with Crippen LogP contribution in [0.2, 0.25) is 0 Å². The van der Waals surface area contributed by atoms with Gasteiger partial charge in [-0.3, -0.25) is 4.79 Å². The maximum Gasteiger partial charge on any atom is 0.197 e. The zero-order valence-electron chi connectivity index (χ0n) is 12.5. The Labute approximate surface area is 131 Å². The molecule has 3 aromatic rings. The molecule has 1 aromatic heterocycles. The lowest BCUT2D eigenvalue weighted by Crippen LogP contribution is -2.03. The highest BCUT2D eigenvalue weighted by atomic mass is 16.5. The lowest BCUT2D eigenvalue weighted by molar-refractivity contribution is 0.396. The molecule has 3 rings (SSSR count). The minimum Gasteiger partial charge on any atom is -0.504 e. The average molecular weight is 314 g/mol. The zero-order valence-corrected chi connectivity index (χ0v) is 12.5. The van der Waals surface area contributed by atoms with Gasteiger partial charge >= 0.3 is 0 Å². The van der Waals surface area contributed by atoms with Gasteiger partial charge in [-0.05, 0) is 18.2 Å². The average Bonchev–Trinajstić information content (AvgIpc) is 2.55. The number of phenolic OH excluding ortho intramolecular Hbond substituents is 2. The van der Waals surface area contributed by atoms with Crippen molar-refractivity contribution in [3.63, 3.8) is 0 Å². The van der Waals surface area contributed by atoms with E-state index in [-0.39, 0.29) is 22.7 Å². The number of hydrogen-bond acceptors (Lipinski definition) is 6. The van der Waals surface area contributed by atoms with Gasteiger partial charge in [0.2, 0.25) is 0 Å². The van der Waals surface area contributed by atoms with Crippen molar-refractivity contribution in [2.24, 2.45) is 0 Å². The van der Waals surface area contributed by atoms with Crippen molar-refractivity contribution in [1.82, 2.24) is 0 Å². The van der Waals surface area contributed by atoms with Crippen molar-refractivity contribution < 1.29 is 24.1 Å². The van der Waals surface area contributed by atoms with Gasteiger partial charge in [0.25, 0.3) is 0 Å². The van der Waals surface area contributed by atoms with E-state index in [9.17, 15) is 15.0 Å². The van der Waals surface area contributed by atoms with Gasteiger partial charge in [-0.2, -0.15) is 0 Å². The number of ether oxygens (including phenoxy) is 2. The first-order chi connectivity index (χ1) is 11.0. The Bertz CT molecular complexity index is 942. The van der Waals surface area contributed by atoms with E-state index >= 15 is 0 Å². The highest BCUT2D eigenvalue weighted by molar-refractivity contribution is 5.86. The molecule has 6 nitrogen and oxygen atoms in total. The van der Waals surface area contributed by atoms with E-state index in [0.29, 0.717) is 28.0 Å². The van der Waals surface area contributed by atoms with Crippen molar-refractivity contribution in [2.75, 3.05) is 14.2 Å². The highest BCUT2D eigenvalue weighted by Gasteiger charge is 2.14. The van der Waals surface area contributed by atoms with E-state index in [4.69, 9.17) is 13.9 Å². The summed E-state index contributed by atoms with van der Waals surface area (Å²) in [6.07, 6.45) is 0. The summed E-state index contributed by atoms with van der Waals surface area (Å²) in [7, 11) is 2.96. The van der Waals surface area contributed by atoms with Crippen LogP contribution in [-0.2, 0) is 0 Å². The topological polar surface area (TPSA) is 89.1 Å². The third kappa shape index (κ3) is 2.55. The molecule has 6 heteroatoms. The largest absolute Gasteiger partial charge is 0.504 e. The molecule has 0 aliphatic carbocycles. The molecule has 0 bridgehead atoms. The minimum absolute atomic E-state index is 0.250. The van der Waals surface area contributed by atoms with Gasteiger partial charge < -0.3 is 24.1 Å². The van der Waals surface area contributed by atoms with E-state index < -0.39 is 0 Å². The molecule has 2 aromatic carbocycles. The summed E-state index contributed by atoms with van der Waals surface area (Å²) in [5.74, 6) is 0.554. The molecular weight excluding hydrogens is 300 g/mol. The van der Waals surface area contributed by atoms with Crippen LogP contribution in [0.3, 0.4) is 0 Å². The van der Waals surface area contributed by atoms with Crippen LogP contribution in [-0.4, -0.2) is 24.4 Å². The van der Waals surface area contributed by atoms with Crippen molar-refractivity contribution in [1.29, 1.82) is 0 Å². The number of aromatic hydroxyl groups is 2. The van der Waals surface area contributed by atoms with Gasteiger partial charge in [0, 0.05) is 23.8 Å². The van der Waals surface area contributed by atoms with Crippen LogP contribution < -0.4 is 14.9 Å². The number of rotatable bonds is 3. The Morgan fingerprint density at radius 2 is 1.74 bits per heavy atom. The maximum atomic E-state index is 12.4. The smallest absolute Gasteiger partial charge is 0.197 e. The highest BCUT2D eigenvalue weighted by Crippen LogP contribution is 2.34. The van der Waals surface area contributed by atoms with Gasteiger partial charge in [0.15, 0.2) is 16.9 Å². The molecular formula is C17H14O6. The van der Waals surface area contributed by atoms with E-state index in [1.807, 2.05) is 0 Å². The van der Waals surface area contributed by atoms with Gasteiger partial charge in [0.05, 0.1) is 14.2 Å². The van der Waals surface area contributed by atoms with Crippen LogP contribution in [0, 0.1) is 0 Å². The summed E-state index contributed by atoms with van der Waals surface area (Å²) in [6, 6.07) is 8.67. The summed E-state index contributed by atoms with van der Waals surface area (Å²) in [4.78, 5) is 12.4. The van der Waals surface area contributed by atoms with Gasteiger partial charge in [-0.25, -0.2) is 0 Å². The van der Waals surface area contributed by atoms with Crippen molar-refractivity contribution in [3.8, 4) is 34.3 Å². The summed E-state index contributed by atoms with van der Waals surface area (Å²) < 4.78 is 16.1. The third-order valence-electron chi connectivity index (χ3n) is 3.48. The summed E-state index contributed by atoms with van der Waals surface area (Å²) in [5.41, 5.74) is 0.477. The van der Waals surface area contributed by atoms with Crippen LogP contribution in [0.25, 0.3) is 22.3 Å². The SMILES string of the molecule is COc1cc(OC)c2c(=O)cc(-c3ccc(O)c(O)c3)oc2c1. The Balaban J connectivity index is 2.28. The molecule has 1 heterocycles. The Hall–Kier alpha value is -3.15. The van der Waals surface area contributed by atoms with Crippen LogP contribution in [0.5, 0.6) is 23.0 Å². The molecule has 118 valence electrons. The summed E-state index contributed by atoms with van der Waals surface area (Å²) in [6.45, 7) is 0. The lowest BCUT2D eigenvalue weighted by Gasteiger charge is -2.09. The van der Waals surface area contributed by atoms with E-state index in [1.54, 1.807) is 12.1 Å². The first-order valence-electron chi connectivity index (χ1n) is 6.75. The predicted molar refractivity (Wildman–Crippen MR) is 84.4 cm³/mol. The first kappa shape index (κ1) is 14.8. The minimum atomic E-state index is -0.298. The van der Waals surface area contributed by atoms with E-state index in [1.165, 1.54) is 38.5 Å². The quantitative estimate of drug-likeness (QED) is 0.723. The Kier molecular flexibility index (Phi) is 3.57. The van der Waals surface area contributed by atoms with Crippen LogP contribution >= 0.6 is 0 Å². The predicted octanol–water partition coefficient (Wildman–Crippen LogP) is 2.89. The molecule has 0 saturated heterocycles. The summed E-state index contributed by atoms with van der Waals surface area (Å²) in [5, 5.41) is 19.3. The second-order valence-corrected chi connectivity index (χ2v) is 4.88. The number of phenols is 2. The van der Waals surface area contributed by atoms with E-state index in [2.05, 4.69) is 0 Å². The molecule has 0 atom stereocenters. The molecule has 23 heavy (non-hydrogen) atoms. The second kappa shape index (κ2) is 5.57. The van der Waals surface area contributed by atoms with E-state index in [0.717, 1.165) is 0 Å². The first-order valence-corrected chi connectivity index (χ1v) is 6.75. The molecule has 0 unspecified atom stereocenters. The van der Waals surface area contributed by atoms with Crippen LogP contribution in [0.15, 0.2) is 45.6 Å². The van der Waals surface area contributed by atoms with Gasteiger partial charge in [0.1, 0.15) is 28.2 Å². The molecule has 0 aliphatic heterocycles. The monoisotopic (exact) mass is 314 g/mol. The van der Waals surface area contributed by atoms with Crippen molar-refractivity contribution in [3.05, 3.63) is 46.6 Å². The Morgan fingerprint density at radius 1 is 0.957 bits per heavy atom. The fourth-order valence-corrected chi connectivity index (χ4v) is 2.33. The van der Waals surface area contributed by atoms with Crippen molar-refractivity contribution in [2.45, 2.75) is 0 Å². The number of benzene rings is 2. The van der Waals surface area contributed by atoms with Gasteiger partial charge in [-0.15, -0.1) is 0 Å². The summed E-state index contributed by atoms with van der Waals surface area (Å²) >= 11 is 0. The van der Waals surface area contributed by atoms with Crippen LogP contribution in [0.1, 0.15) is 0 Å². The molecule has 0 amide bonds. The van der Waals surface area contributed by atoms with Gasteiger partial charge in [-0.1, -0.05) is 0 Å². The maximum absolute atomic E-state index is 12.4. The standard InChI is InChI=1S/C17H14O6/c1-21-10-6-15(22-2)17-13(20)8-14(23-16(17)7-10)9-3-4-11(18)12(19)5-9/h3-8,18-19H,1-2H3. The number of methoxy groups -OCH3 is 2. The molecule has 0 aliphatic rings. The van der Waals surface area contributed by atoms with Crippen LogP contribution in [0.4, 0.5) is 0 Å². The molecule has 0 saturated carbocycles. The second-order valence-electron chi connectivity index (χ2n) is 4.88. The fourth-order valence-electron chi connectivity index (χ4n) is 2.33. The number of fused-ring (bicyclic) bond motifs is 1. The Morgan fingerprint density at radius 3 is 2.39 bits per heavy atom. The molecule has 0 spiro atoms. The zero-order chi connectivity index (χ0) is 16.6. The molecule has 2 N–H and O–H groups in total. The number of hydrogen-bond donors (Lipinski definition) is 2. The fraction of sp³-hybridized carbons (Fsp3) is 0.118. The molecule has 0 fully saturated rings. The molecule has 0 radical (unpaired) electrons.